The van der Waals surface area contributed by atoms with Crippen molar-refractivity contribution in [1.29, 1.82) is 0 Å². The van der Waals surface area contributed by atoms with Crippen molar-refractivity contribution in [3.05, 3.63) is 53.9 Å². The second-order valence-corrected chi connectivity index (χ2v) is 8.32. The Balaban J connectivity index is 1.45. The second-order valence-electron chi connectivity index (χ2n) is 8.32. The fourth-order valence-corrected chi connectivity index (χ4v) is 4.77. The van der Waals surface area contributed by atoms with Crippen molar-refractivity contribution in [2.24, 2.45) is 0 Å². The van der Waals surface area contributed by atoms with Crippen molar-refractivity contribution in [2.45, 2.75) is 31.8 Å². The van der Waals surface area contributed by atoms with Gasteiger partial charge in [-0.05, 0) is 57.6 Å². The van der Waals surface area contributed by atoms with E-state index in [1.807, 2.05) is 0 Å². The second kappa shape index (κ2) is 7.18. The number of piperidine rings is 1. The highest BCUT2D eigenvalue weighted by molar-refractivity contribution is 5.42. The molecule has 2 fully saturated rings. The van der Waals surface area contributed by atoms with E-state index in [9.17, 15) is 0 Å². The summed E-state index contributed by atoms with van der Waals surface area (Å²) >= 11 is 0. The molecule has 4 heteroatoms. The van der Waals surface area contributed by atoms with Crippen molar-refractivity contribution in [2.75, 3.05) is 46.8 Å². The number of likely N-dealkylation sites (tertiary alicyclic amines) is 1. The molecule has 26 heavy (non-hydrogen) atoms. The highest BCUT2D eigenvalue weighted by Gasteiger charge is 2.41. The molecule has 0 unspecified atom stereocenters. The van der Waals surface area contributed by atoms with Gasteiger partial charge in [0.1, 0.15) is 0 Å². The molecule has 1 aromatic carbocycles. The summed E-state index contributed by atoms with van der Waals surface area (Å²) in [6, 6.07) is 13.1. The van der Waals surface area contributed by atoms with Gasteiger partial charge in [-0.15, -0.1) is 0 Å². The van der Waals surface area contributed by atoms with E-state index in [1.54, 1.807) is 0 Å². The van der Waals surface area contributed by atoms with Crippen LogP contribution >= 0.6 is 0 Å². The minimum Gasteiger partial charge on any atom is -0.319 e. The lowest BCUT2D eigenvalue weighted by Gasteiger charge is -2.52. The predicted octanol–water partition coefficient (Wildman–Crippen LogP) is 3.00. The van der Waals surface area contributed by atoms with Crippen LogP contribution in [0, 0.1) is 6.92 Å². The summed E-state index contributed by atoms with van der Waals surface area (Å²) in [5, 5.41) is 0. The first-order chi connectivity index (χ1) is 12.6. The Bertz CT molecular complexity index is 742. The molecule has 2 aromatic rings. The summed E-state index contributed by atoms with van der Waals surface area (Å²) in [6.45, 7) is 9.24. The van der Waals surface area contributed by atoms with E-state index >= 15 is 0 Å². The van der Waals surface area contributed by atoms with Crippen LogP contribution < -0.4 is 0 Å². The lowest BCUT2D eigenvalue weighted by Crippen LogP contribution is -2.63. The Morgan fingerprint density at radius 3 is 2.46 bits per heavy atom. The highest BCUT2D eigenvalue weighted by atomic mass is 15.3. The summed E-state index contributed by atoms with van der Waals surface area (Å²) in [6.07, 6.45) is 4.75. The molecule has 0 atom stereocenters. The zero-order valence-electron chi connectivity index (χ0n) is 16.5. The number of aryl methyl sites for hydroxylation is 1. The zero-order valence-corrected chi connectivity index (χ0v) is 16.5. The van der Waals surface area contributed by atoms with E-state index in [0.717, 1.165) is 6.54 Å². The molecular formula is C22H32N4. The summed E-state index contributed by atoms with van der Waals surface area (Å²) in [4.78, 5) is 7.77. The first-order valence-electron chi connectivity index (χ1n) is 9.92. The van der Waals surface area contributed by atoms with Gasteiger partial charge in [0.25, 0.3) is 0 Å². The van der Waals surface area contributed by atoms with Crippen LogP contribution in [0.5, 0.6) is 0 Å². The average molecular weight is 353 g/mol. The smallest absolute Gasteiger partial charge is 0.0481 e. The van der Waals surface area contributed by atoms with Gasteiger partial charge in [-0.3, -0.25) is 9.80 Å². The maximum atomic E-state index is 2.64. The van der Waals surface area contributed by atoms with E-state index in [-0.39, 0.29) is 0 Å². The van der Waals surface area contributed by atoms with Crippen LogP contribution in [-0.2, 0) is 6.54 Å². The van der Waals surface area contributed by atoms with Crippen LogP contribution in [0.25, 0.3) is 5.69 Å². The summed E-state index contributed by atoms with van der Waals surface area (Å²) in [7, 11) is 4.60. The number of hydrogen-bond acceptors (Lipinski definition) is 3. The number of benzene rings is 1. The monoisotopic (exact) mass is 352 g/mol. The van der Waals surface area contributed by atoms with Gasteiger partial charge in [-0.2, -0.15) is 0 Å². The Hall–Kier alpha value is -1.62. The average Bonchev–Trinajstić information content (AvgIpc) is 3.09. The topological polar surface area (TPSA) is 14.7 Å². The molecule has 3 heterocycles. The van der Waals surface area contributed by atoms with Gasteiger partial charge in [-0.25, -0.2) is 0 Å². The molecule has 2 saturated heterocycles. The molecule has 0 bridgehead atoms. The van der Waals surface area contributed by atoms with Crippen molar-refractivity contribution in [1.82, 2.24) is 19.3 Å². The maximum absolute atomic E-state index is 2.64. The molecular weight excluding hydrogens is 320 g/mol. The first-order valence-corrected chi connectivity index (χ1v) is 9.92. The maximum Gasteiger partial charge on any atom is 0.0481 e. The van der Waals surface area contributed by atoms with Gasteiger partial charge >= 0.3 is 0 Å². The van der Waals surface area contributed by atoms with Gasteiger partial charge in [-0.1, -0.05) is 18.2 Å². The fourth-order valence-electron chi connectivity index (χ4n) is 4.77. The Kier molecular flexibility index (Phi) is 4.91. The summed E-state index contributed by atoms with van der Waals surface area (Å²) < 4.78 is 2.36. The molecule has 0 saturated carbocycles. The van der Waals surface area contributed by atoms with Crippen molar-refractivity contribution >= 4 is 0 Å². The van der Waals surface area contributed by atoms with Crippen molar-refractivity contribution < 1.29 is 0 Å². The van der Waals surface area contributed by atoms with Crippen LogP contribution in [0.2, 0.25) is 0 Å². The quantitative estimate of drug-likeness (QED) is 0.844. The van der Waals surface area contributed by atoms with Crippen LogP contribution in [0.3, 0.4) is 0 Å². The van der Waals surface area contributed by atoms with E-state index < -0.39 is 0 Å². The molecule has 0 aliphatic carbocycles. The van der Waals surface area contributed by atoms with Crippen LogP contribution in [-0.4, -0.2) is 71.6 Å². The fraction of sp³-hybridized carbons (Fsp3) is 0.545. The SMILES string of the molecule is Cc1ccccc1-n1cccc1CN1CCC2(CC1)CN(C)CCN2C. The number of aromatic nitrogens is 1. The number of hydrogen-bond donors (Lipinski definition) is 0. The van der Waals surface area contributed by atoms with Crippen molar-refractivity contribution in [3.8, 4) is 5.69 Å². The number of piperazine rings is 1. The number of likely N-dealkylation sites (N-methyl/N-ethyl adjacent to an activating group) is 2. The molecule has 0 amide bonds. The van der Waals surface area contributed by atoms with Crippen molar-refractivity contribution in [3.63, 3.8) is 0 Å². The molecule has 4 nitrogen and oxygen atoms in total. The minimum absolute atomic E-state index is 0.390. The van der Waals surface area contributed by atoms with E-state index in [0.29, 0.717) is 5.54 Å². The summed E-state index contributed by atoms with van der Waals surface area (Å²) in [5.41, 5.74) is 4.41. The molecule has 0 radical (unpaired) electrons. The third-order valence-electron chi connectivity index (χ3n) is 6.57. The predicted molar refractivity (Wildman–Crippen MR) is 108 cm³/mol. The third-order valence-corrected chi connectivity index (χ3v) is 6.57. The Labute approximate surface area is 158 Å². The molecule has 4 rings (SSSR count). The normalized spacial score (nSPS) is 22.1. The lowest BCUT2D eigenvalue weighted by molar-refractivity contribution is -0.0207. The Morgan fingerprint density at radius 2 is 1.69 bits per heavy atom. The van der Waals surface area contributed by atoms with E-state index in [4.69, 9.17) is 0 Å². The van der Waals surface area contributed by atoms with Gasteiger partial charge in [0, 0.05) is 62.4 Å². The lowest BCUT2D eigenvalue weighted by atomic mass is 9.84. The van der Waals surface area contributed by atoms with Gasteiger partial charge in [0.2, 0.25) is 0 Å². The van der Waals surface area contributed by atoms with Crippen LogP contribution in [0.1, 0.15) is 24.1 Å². The largest absolute Gasteiger partial charge is 0.319 e. The molecule has 0 N–H and O–H groups in total. The number of nitrogens with zero attached hydrogens (tertiary/aromatic N) is 4. The molecule has 2 aliphatic rings. The van der Waals surface area contributed by atoms with Gasteiger partial charge in [0.05, 0.1) is 0 Å². The molecule has 140 valence electrons. The minimum atomic E-state index is 0.390. The number of rotatable bonds is 3. The third kappa shape index (κ3) is 3.34. The Morgan fingerprint density at radius 1 is 0.923 bits per heavy atom. The zero-order chi connectivity index (χ0) is 18.1. The van der Waals surface area contributed by atoms with Crippen LogP contribution in [0.4, 0.5) is 0 Å². The van der Waals surface area contributed by atoms with E-state index in [1.165, 1.54) is 62.5 Å². The van der Waals surface area contributed by atoms with Gasteiger partial charge in [0.15, 0.2) is 0 Å². The molecule has 1 aromatic heterocycles. The molecule has 2 aliphatic heterocycles. The molecule has 1 spiro atoms. The summed E-state index contributed by atoms with van der Waals surface area (Å²) in [5.74, 6) is 0. The van der Waals surface area contributed by atoms with Gasteiger partial charge < -0.3 is 9.47 Å². The van der Waals surface area contributed by atoms with E-state index in [2.05, 4.69) is 82.9 Å². The first kappa shape index (κ1) is 17.8. The standard InChI is InChI=1S/C22H32N4/c1-19-7-4-5-9-21(19)26-12-6-8-20(26)17-25-13-10-22(11-14-25)18-23(2)15-16-24(22)3/h4-9,12H,10-11,13-18H2,1-3H3. The number of para-hydroxylation sites is 1. The van der Waals surface area contributed by atoms with Crippen LogP contribution in [0.15, 0.2) is 42.6 Å². The highest BCUT2D eigenvalue weighted by Crippen LogP contribution is 2.32.